The maximum Gasteiger partial charge on any atom is 0.305 e. The molecule has 402 valence electrons. The number of carbonyl (C=O) groups is 2. The van der Waals surface area contributed by atoms with Gasteiger partial charge in [0.05, 0.1) is 25.4 Å². The second-order valence-corrected chi connectivity index (χ2v) is 20.3. The van der Waals surface area contributed by atoms with Crippen molar-refractivity contribution in [3.63, 3.8) is 0 Å². The first-order valence-corrected chi connectivity index (χ1v) is 30.1. The average molecular weight is 967 g/mol. The number of hydrogen-bond donors (Lipinski definition) is 3. The van der Waals surface area contributed by atoms with Crippen LogP contribution in [0.1, 0.15) is 303 Å². The van der Waals surface area contributed by atoms with E-state index in [1.807, 2.05) is 12.2 Å². The van der Waals surface area contributed by atoms with E-state index in [4.69, 9.17) is 4.74 Å². The Morgan fingerprint density at radius 3 is 1.16 bits per heavy atom. The van der Waals surface area contributed by atoms with Gasteiger partial charge < -0.3 is 20.3 Å². The van der Waals surface area contributed by atoms with E-state index in [9.17, 15) is 19.8 Å². The highest BCUT2D eigenvalue weighted by Crippen LogP contribution is 2.16. The molecule has 0 bridgehead atoms. The van der Waals surface area contributed by atoms with Crippen molar-refractivity contribution in [2.24, 2.45) is 0 Å². The maximum atomic E-state index is 12.5. The Labute approximate surface area is 428 Å². The molecule has 0 saturated heterocycles. The smallest absolute Gasteiger partial charge is 0.305 e. The molecule has 0 aromatic carbocycles. The van der Waals surface area contributed by atoms with E-state index in [-0.39, 0.29) is 18.5 Å². The molecule has 0 heterocycles. The topological polar surface area (TPSA) is 95.9 Å². The summed E-state index contributed by atoms with van der Waals surface area (Å²) in [7, 11) is 0. The van der Waals surface area contributed by atoms with Crippen LogP contribution >= 0.6 is 0 Å². The molecule has 6 heteroatoms. The molecule has 0 aliphatic heterocycles. The van der Waals surface area contributed by atoms with E-state index in [0.717, 1.165) is 64.2 Å². The predicted octanol–water partition coefficient (Wildman–Crippen LogP) is 18.7. The van der Waals surface area contributed by atoms with Crippen LogP contribution in [-0.2, 0) is 14.3 Å². The van der Waals surface area contributed by atoms with Gasteiger partial charge in [0, 0.05) is 12.8 Å². The minimum Gasteiger partial charge on any atom is -0.466 e. The van der Waals surface area contributed by atoms with E-state index in [0.29, 0.717) is 25.9 Å². The molecule has 0 rings (SSSR count). The van der Waals surface area contributed by atoms with Crippen molar-refractivity contribution in [1.82, 2.24) is 5.32 Å². The van der Waals surface area contributed by atoms with Crippen LogP contribution in [0, 0.1) is 0 Å². The predicted molar refractivity (Wildman–Crippen MR) is 301 cm³/mol. The lowest BCUT2D eigenvalue weighted by Gasteiger charge is -2.19. The number of amides is 1. The SMILES string of the molecule is CCCCC/C=C\C/C=C\CCCCCCCC(=O)OCCCCCCCC/C=C\C/C=C\CCC(=O)NC(CO)C(O)/C=C/CCCCCCCCCCCCCCCCCCCCCCCC. The molecule has 0 aromatic rings. The fourth-order valence-electron chi connectivity index (χ4n) is 8.89. The van der Waals surface area contributed by atoms with Gasteiger partial charge in [-0.3, -0.25) is 9.59 Å². The fraction of sp³-hybridized carbons (Fsp3) is 0.810. The van der Waals surface area contributed by atoms with E-state index < -0.39 is 12.1 Å². The molecular formula is C63H115NO5. The Morgan fingerprint density at radius 1 is 0.406 bits per heavy atom. The van der Waals surface area contributed by atoms with Gasteiger partial charge in [0.1, 0.15) is 0 Å². The molecule has 2 atom stereocenters. The molecule has 0 spiro atoms. The number of ether oxygens (including phenoxy) is 1. The minimum absolute atomic E-state index is 0.0327. The van der Waals surface area contributed by atoms with Gasteiger partial charge in [-0.2, -0.15) is 0 Å². The Morgan fingerprint density at radius 2 is 0.739 bits per heavy atom. The summed E-state index contributed by atoms with van der Waals surface area (Å²) in [5, 5.41) is 23.1. The summed E-state index contributed by atoms with van der Waals surface area (Å²) in [5.41, 5.74) is 0. The Bertz CT molecular complexity index is 1210. The molecule has 3 N–H and O–H groups in total. The van der Waals surface area contributed by atoms with Crippen molar-refractivity contribution in [2.75, 3.05) is 13.2 Å². The Hall–Kier alpha value is -2.44. The van der Waals surface area contributed by atoms with Gasteiger partial charge in [0.2, 0.25) is 5.91 Å². The third kappa shape index (κ3) is 54.7. The van der Waals surface area contributed by atoms with Gasteiger partial charge in [-0.25, -0.2) is 0 Å². The minimum atomic E-state index is -0.883. The van der Waals surface area contributed by atoms with Crippen molar-refractivity contribution in [3.05, 3.63) is 60.8 Å². The van der Waals surface area contributed by atoms with Gasteiger partial charge in [-0.15, -0.1) is 0 Å². The van der Waals surface area contributed by atoms with E-state index in [1.165, 1.54) is 205 Å². The first kappa shape index (κ1) is 66.6. The number of allylic oxidation sites excluding steroid dienone is 9. The highest BCUT2D eigenvalue weighted by Gasteiger charge is 2.17. The average Bonchev–Trinajstić information content (AvgIpc) is 3.35. The van der Waals surface area contributed by atoms with Gasteiger partial charge in [0.25, 0.3) is 0 Å². The van der Waals surface area contributed by atoms with E-state index >= 15 is 0 Å². The second-order valence-electron chi connectivity index (χ2n) is 20.3. The molecule has 0 aliphatic rings. The number of carbonyl (C=O) groups excluding carboxylic acids is 2. The molecule has 0 saturated carbocycles. The number of unbranched alkanes of at least 4 members (excludes halogenated alkanes) is 36. The van der Waals surface area contributed by atoms with Gasteiger partial charge in [-0.05, 0) is 83.5 Å². The summed E-state index contributed by atoms with van der Waals surface area (Å²) in [4.78, 5) is 24.5. The molecule has 2 unspecified atom stereocenters. The maximum absolute atomic E-state index is 12.5. The van der Waals surface area contributed by atoms with Crippen molar-refractivity contribution in [1.29, 1.82) is 0 Å². The van der Waals surface area contributed by atoms with Crippen LogP contribution in [0.5, 0.6) is 0 Å². The van der Waals surface area contributed by atoms with Crippen molar-refractivity contribution in [2.45, 2.75) is 315 Å². The summed E-state index contributed by atoms with van der Waals surface area (Å²) >= 11 is 0. The first-order valence-electron chi connectivity index (χ1n) is 30.1. The molecule has 1 amide bonds. The Kier molecular flexibility index (Phi) is 56.1. The van der Waals surface area contributed by atoms with Crippen molar-refractivity contribution in [3.8, 4) is 0 Å². The summed E-state index contributed by atoms with van der Waals surface area (Å²) in [6.07, 6.45) is 75.5. The quantitative estimate of drug-likeness (QED) is 0.0321. The van der Waals surface area contributed by atoms with Crippen molar-refractivity contribution >= 4 is 11.9 Å². The highest BCUT2D eigenvalue weighted by molar-refractivity contribution is 5.76. The summed E-state index contributed by atoms with van der Waals surface area (Å²) in [6.45, 7) is 4.81. The molecule has 0 aromatic heterocycles. The normalized spacial score (nSPS) is 13.0. The molecule has 0 aliphatic carbocycles. The standard InChI is InChI=1S/C63H115NO5/c1-3-5-7-9-11-13-15-17-19-20-21-22-23-24-25-26-27-29-31-35-39-43-47-51-55-61(66)60(59-65)64-62(67)56-52-48-44-40-36-32-30-34-38-42-46-50-54-58-69-63(68)57-53-49-45-41-37-33-28-18-16-14-12-10-8-6-4-2/h12,14,18,28,32,36,44,48,51,55,60-61,65-66H,3-11,13,15-17,19-27,29-31,33-35,37-43,45-47,49-50,52-54,56-59H2,1-2H3,(H,64,67)/b14-12-,28-18-,36-32-,48-44-,55-51+. The summed E-state index contributed by atoms with van der Waals surface area (Å²) in [5.74, 6) is -0.181. The van der Waals surface area contributed by atoms with Crippen LogP contribution in [-0.4, -0.2) is 47.4 Å². The highest BCUT2D eigenvalue weighted by atomic mass is 16.5. The van der Waals surface area contributed by atoms with Crippen LogP contribution in [0.3, 0.4) is 0 Å². The third-order valence-electron chi connectivity index (χ3n) is 13.5. The van der Waals surface area contributed by atoms with Crippen LogP contribution in [0.15, 0.2) is 60.8 Å². The third-order valence-corrected chi connectivity index (χ3v) is 13.5. The van der Waals surface area contributed by atoms with Crippen molar-refractivity contribution < 1.29 is 24.5 Å². The summed E-state index contributed by atoms with van der Waals surface area (Å²) < 4.78 is 5.45. The van der Waals surface area contributed by atoms with Crippen LogP contribution in [0.25, 0.3) is 0 Å². The summed E-state index contributed by atoms with van der Waals surface area (Å²) in [6, 6.07) is -0.675. The lowest BCUT2D eigenvalue weighted by Crippen LogP contribution is -2.45. The molecule has 6 nitrogen and oxygen atoms in total. The lowest BCUT2D eigenvalue weighted by atomic mass is 10.0. The van der Waals surface area contributed by atoms with Gasteiger partial charge in [-0.1, -0.05) is 267 Å². The van der Waals surface area contributed by atoms with Crippen LogP contribution < -0.4 is 5.32 Å². The van der Waals surface area contributed by atoms with Crippen LogP contribution in [0.4, 0.5) is 0 Å². The van der Waals surface area contributed by atoms with Gasteiger partial charge >= 0.3 is 5.97 Å². The first-order chi connectivity index (χ1) is 34.0. The number of nitrogens with one attached hydrogen (secondary N) is 1. The second kappa shape index (κ2) is 58.1. The van der Waals surface area contributed by atoms with Gasteiger partial charge in [0.15, 0.2) is 0 Å². The lowest BCUT2D eigenvalue weighted by molar-refractivity contribution is -0.143. The number of hydrogen-bond acceptors (Lipinski definition) is 5. The largest absolute Gasteiger partial charge is 0.466 e. The number of esters is 1. The number of rotatable bonds is 55. The number of aliphatic hydroxyl groups is 2. The van der Waals surface area contributed by atoms with Crippen LogP contribution in [0.2, 0.25) is 0 Å². The Balaban J connectivity index is 3.58. The monoisotopic (exact) mass is 966 g/mol. The zero-order valence-corrected chi connectivity index (χ0v) is 45.8. The molecule has 69 heavy (non-hydrogen) atoms. The molecular weight excluding hydrogens is 851 g/mol. The molecule has 0 radical (unpaired) electrons. The fourth-order valence-corrected chi connectivity index (χ4v) is 8.89. The molecule has 0 fully saturated rings. The zero-order valence-electron chi connectivity index (χ0n) is 45.8. The number of aliphatic hydroxyl groups excluding tert-OH is 2. The van der Waals surface area contributed by atoms with E-state index in [2.05, 4.69) is 61.7 Å². The van der Waals surface area contributed by atoms with E-state index in [1.54, 1.807) is 6.08 Å². The zero-order chi connectivity index (χ0) is 50.0.